The van der Waals surface area contributed by atoms with Gasteiger partial charge >= 0.3 is 0 Å². The predicted octanol–water partition coefficient (Wildman–Crippen LogP) is 1.64. The first-order valence-electron chi connectivity index (χ1n) is 5.93. The molecule has 5 heteroatoms. The molecule has 0 saturated heterocycles. The van der Waals surface area contributed by atoms with Crippen LogP contribution in [0.4, 0.5) is 5.82 Å². The molecule has 0 atom stereocenters. The summed E-state index contributed by atoms with van der Waals surface area (Å²) in [5, 5.41) is 0. The Kier molecular flexibility index (Phi) is 4.10. The van der Waals surface area contributed by atoms with Crippen molar-refractivity contribution in [3.8, 4) is 0 Å². The van der Waals surface area contributed by atoms with Crippen LogP contribution in [0.1, 0.15) is 15.9 Å². The second-order valence-electron chi connectivity index (χ2n) is 4.19. The summed E-state index contributed by atoms with van der Waals surface area (Å²) in [5.74, 6) is 5.62. The molecule has 3 N–H and O–H groups in total. The summed E-state index contributed by atoms with van der Waals surface area (Å²) in [5.41, 5.74) is 3.97. The highest BCUT2D eigenvalue weighted by molar-refractivity contribution is 5.98. The minimum atomic E-state index is -0.120. The molecule has 0 fully saturated rings. The normalized spacial score (nSPS) is 10.0. The molecular weight excluding hydrogens is 240 g/mol. The number of nitrogens with two attached hydrogens (primary N) is 1. The van der Waals surface area contributed by atoms with Gasteiger partial charge in [-0.05, 0) is 17.7 Å². The summed E-state index contributed by atoms with van der Waals surface area (Å²) in [6.07, 6.45) is 1.59. The molecule has 0 unspecified atom stereocenters. The van der Waals surface area contributed by atoms with E-state index in [9.17, 15) is 4.79 Å². The molecule has 19 heavy (non-hydrogen) atoms. The van der Waals surface area contributed by atoms with Crippen LogP contribution >= 0.6 is 0 Å². The topological polar surface area (TPSA) is 71.2 Å². The number of carbonyl (C=O) groups excluding carboxylic acids is 1. The molecule has 1 aromatic heterocycles. The SMILES string of the molecule is CN(Cc1ccccc1)C(=O)c1cccnc1NN. The van der Waals surface area contributed by atoms with Gasteiger partial charge in [-0.15, -0.1) is 0 Å². The van der Waals surface area contributed by atoms with E-state index >= 15 is 0 Å². The first-order valence-corrected chi connectivity index (χ1v) is 5.93. The Labute approximate surface area is 112 Å². The zero-order chi connectivity index (χ0) is 13.7. The van der Waals surface area contributed by atoms with Crippen molar-refractivity contribution in [2.24, 2.45) is 5.84 Å². The fraction of sp³-hybridized carbons (Fsp3) is 0.143. The maximum absolute atomic E-state index is 12.3. The van der Waals surface area contributed by atoms with E-state index in [1.807, 2.05) is 30.3 Å². The number of hydrazine groups is 1. The quantitative estimate of drug-likeness (QED) is 0.644. The number of aromatic nitrogens is 1. The van der Waals surface area contributed by atoms with Gasteiger partial charge < -0.3 is 10.3 Å². The van der Waals surface area contributed by atoms with Gasteiger partial charge in [0.15, 0.2) is 5.82 Å². The zero-order valence-corrected chi connectivity index (χ0v) is 10.7. The largest absolute Gasteiger partial charge is 0.337 e. The first-order chi connectivity index (χ1) is 9.22. The van der Waals surface area contributed by atoms with E-state index in [-0.39, 0.29) is 5.91 Å². The molecule has 0 aliphatic rings. The molecule has 5 nitrogen and oxygen atoms in total. The monoisotopic (exact) mass is 256 g/mol. The maximum Gasteiger partial charge on any atom is 0.257 e. The third-order valence-electron chi connectivity index (χ3n) is 2.78. The standard InChI is InChI=1S/C14H16N4O/c1-18(10-11-6-3-2-4-7-11)14(19)12-8-5-9-16-13(12)17-15/h2-9H,10,15H2,1H3,(H,16,17). The molecule has 2 rings (SSSR count). The number of benzene rings is 1. The summed E-state index contributed by atoms with van der Waals surface area (Å²) < 4.78 is 0. The van der Waals surface area contributed by atoms with Crippen molar-refractivity contribution in [2.75, 3.05) is 12.5 Å². The highest BCUT2D eigenvalue weighted by Gasteiger charge is 2.16. The van der Waals surface area contributed by atoms with Gasteiger partial charge in [-0.25, -0.2) is 10.8 Å². The molecule has 0 aliphatic carbocycles. The molecule has 1 aromatic carbocycles. The number of rotatable bonds is 4. The van der Waals surface area contributed by atoms with Gasteiger partial charge in [-0.1, -0.05) is 30.3 Å². The molecule has 0 radical (unpaired) electrons. The third kappa shape index (κ3) is 3.08. The average Bonchev–Trinajstić information content (AvgIpc) is 2.47. The van der Waals surface area contributed by atoms with E-state index in [1.54, 1.807) is 30.3 Å². The molecule has 0 spiro atoms. The highest BCUT2D eigenvalue weighted by Crippen LogP contribution is 2.14. The lowest BCUT2D eigenvalue weighted by Gasteiger charge is -2.18. The number of hydrogen-bond acceptors (Lipinski definition) is 4. The van der Waals surface area contributed by atoms with E-state index in [2.05, 4.69) is 10.4 Å². The number of nitrogens with one attached hydrogen (secondary N) is 1. The summed E-state index contributed by atoms with van der Waals surface area (Å²) >= 11 is 0. The minimum Gasteiger partial charge on any atom is -0.337 e. The number of anilines is 1. The fourth-order valence-corrected chi connectivity index (χ4v) is 1.83. The highest BCUT2D eigenvalue weighted by atomic mass is 16.2. The molecule has 2 aromatic rings. The van der Waals surface area contributed by atoms with Crippen LogP contribution in [0.3, 0.4) is 0 Å². The minimum absolute atomic E-state index is 0.120. The number of nitrogens with zero attached hydrogens (tertiary/aromatic N) is 2. The summed E-state index contributed by atoms with van der Waals surface area (Å²) in [6.45, 7) is 0.540. The van der Waals surface area contributed by atoms with Crippen molar-refractivity contribution in [1.82, 2.24) is 9.88 Å². The molecule has 98 valence electrons. The van der Waals surface area contributed by atoms with Crippen LogP contribution in [-0.2, 0) is 6.54 Å². The number of carbonyl (C=O) groups is 1. The summed E-state index contributed by atoms with van der Waals surface area (Å²) in [6, 6.07) is 13.2. The van der Waals surface area contributed by atoms with Crippen molar-refractivity contribution in [3.05, 3.63) is 59.8 Å². The van der Waals surface area contributed by atoms with Crippen molar-refractivity contribution in [2.45, 2.75) is 6.54 Å². The Bertz CT molecular complexity index is 556. The molecule has 1 amide bonds. The van der Waals surface area contributed by atoms with Crippen LogP contribution in [0.5, 0.6) is 0 Å². The molecule has 0 saturated carbocycles. The molecular formula is C14H16N4O. The Morgan fingerprint density at radius 2 is 2.00 bits per heavy atom. The van der Waals surface area contributed by atoms with E-state index < -0.39 is 0 Å². The average molecular weight is 256 g/mol. The Balaban J connectivity index is 2.15. The van der Waals surface area contributed by atoms with Crippen LogP contribution < -0.4 is 11.3 Å². The van der Waals surface area contributed by atoms with Gasteiger partial charge in [0.25, 0.3) is 5.91 Å². The lowest BCUT2D eigenvalue weighted by atomic mass is 10.2. The lowest BCUT2D eigenvalue weighted by molar-refractivity contribution is 0.0785. The van der Waals surface area contributed by atoms with Gasteiger partial charge in [0.05, 0.1) is 5.56 Å². The smallest absolute Gasteiger partial charge is 0.257 e. The van der Waals surface area contributed by atoms with Crippen molar-refractivity contribution in [1.29, 1.82) is 0 Å². The second-order valence-corrected chi connectivity index (χ2v) is 4.19. The van der Waals surface area contributed by atoms with E-state index in [1.165, 1.54) is 0 Å². The summed E-state index contributed by atoms with van der Waals surface area (Å²) in [7, 11) is 1.75. The Morgan fingerprint density at radius 3 is 2.68 bits per heavy atom. The zero-order valence-electron chi connectivity index (χ0n) is 10.7. The van der Waals surface area contributed by atoms with Crippen LogP contribution in [0.15, 0.2) is 48.7 Å². The van der Waals surface area contributed by atoms with Crippen LogP contribution in [0.25, 0.3) is 0 Å². The number of nitrogen functional groups attached to an aromatic ring is 1. The Morgan fingerprint density at radius 1 is 1.26 bits per heavy atom. The second kappa shape index (κ2) is 5.97. The van der Waals surface area contributed by atoms with Gasteiger partial charge in [0.2, 0.25) is 0 Å². The molecule has 0 bridgehead atoms. The third-order valence-corrected chi connectivity index (χ3v) is 2.78. The van der Waals surface area contributed by atoms with Crippen molar-refractivity contribution < 1.29 is 4.79 Å². The predicted molar refractivity (Wildman–Crippen MR) is 74.3 cm³/mol. The van der Waals surface area contributed by atoms with Crippen LogP contribution in [0, 0.1) is 0 Å². The first kappa shape index (κ1) is 13.0. The van der Waals surface area contributed by atoms with Crippen molar-refractivity contribution in [3.63, 3.8) is 0 Å². The Hall–Kier alpha value is -2.40. The maximum atomic E-state index is 12.3. The van der Waals surface area contributed by atoms with Crippen LogP contribution in [-0.4, -0.2) is 22.8 Å². The molecule has 0 aliphatic heterocycles. The van der Waals surface area contributed by atoms with Gasteiger partial charge in [-0.3, -0.25) is 4.79 Å². The van der Waals surface area contributed by atoms with Crippen molar-refractivity contribution >= 4 is 11.7 Å². The molecule has 1 heterocycles. The number of pyridine rings is 1. The lowest BCUT2D eigenvalue weighted by Crippen LogP contribution is -2.27. The van der Waals surface area contributed by atoms with Crippen LogP contribution in [0.2, 0.25) is 0 Å². The van der Waals surface area contributed by atoms with Gasteiger partial charge in [0, 0.05) is 19.8 Å². The van der Waals surface area contributed by atoms with Gasteiger partial charge in [0.1, 0.15) is 0 Å². The van der Waals surface area contributed by atoms with E-state index in [0.29, 0.717) is 17.9 Å². The van der Waals surface area contributed by atoms with E-state index in [0.717, 1.165) is 5.56 Å². The summed E-state index contributed by atoms with van der Waals surface area (Å²) in [4.78, 5) is 18.0. The fourth-order valence-electron chi connectivity index (χ4n) is 1.83. The van der Waals surface area contributed by atoms with Gasteiger partial charge in [-0.2, -0.15) is 0 Å². The number of amides is 1. The number of hydrogen-bond donors (Lipinski definition) is 2. The van der Waals surface area contributed by atoms with E-state index in [4.69, 9.17) is 5.84 Å².